The van der Waals surface area contributed by atoms with Gasteiger partial charge in [0, 0.05) is 19.8 Å². The summed E-state index contributed by atoms with van der Waals surface area (Å²) >= 11 is 9.72. The van der Waals surface area contributed by atoms with Crippen molar-refractivity contribution in [2.24, 2.45) is 0 Å². The van der Waals surface area contributed by atoms with Crippen LogP contribution in [0.25, 0.3) is 5.69 Å². The van der Waals surface area contributed by atoms with Gasteiger partial charge in [0.1, 0.15) is 0 Å². The molecule has 0 N–H and O–H groups in total. The van der Waals surface area contributed by atoms with Crippen LogP contribution in [-0.2, 0) is 0 Å². The molecule has 0 amide bonds. The van der Waals surface area contributed by atoms with E-state index >= 15 is 0 Å². The molecule has 1 atom stereocenters. The van der Waals surface area contributed by atoms with Gasteiger partial charge in [-0.1, -0.05) is 50.1 Å². The minimum atomic E-state index is 0.110. The first-order chi connectivity index (χ1) is 10.1. The first kappa shape index (κ1) is 15.2. The highest BCUT2D eigenvalue weighted by Gasteiger charge is 2.16. The van der Waals surface area contributed by atoms with Gasteiger partial charge in [0.2, 0.25) is 0 Å². The van der Waals surface area contributed by atoms with Crippen molar-refractivity contribution in [3.8, 4) is 5.69 Å². The molecular weight excluding hydrogens is 507 g/mol. The molecule has 3 rings (SSSR count). The summed E-state index contributed by atoms with van der Waals surface area (Å²) in [6.07, 6.45) is 3.96. The van der Waals surface area contributed by atoms with Crippen LogP contribution < -0.4 is 0 Å². The van der Waals surface area contributed by atoms with Crippen LogP contribution >= 0.6 is 54.5 Å². The van der Waals surface area contributed by atoms with Crippen molar-refractivity contribution in [1.82, 2.24) is 9.78 Å². The molecule has 0 aliphatic rings. The summed E-state index contributed by atoms with van der Waals surface area (Å²) in [5.41, 5.74) is 3.39. The molecular formula is C16H11Br2IN2. The number of para-hydroxylation sites is 1. The molecule has 5 heteroatoms. The molecule has 0 spiro atoms. The highest BCUT2D eigenvalue weighted by molar-refractivity contribution is 14.1. The number of aromatic nitrogens is 2. The lowest BCUT2D eigenvalue weighted by atomic mass is 10.1. The maximum absolute atomic E-state index is 4.45. The molecule has 0 fully saturated rings. The van der Waals surface area contributed by atoms with Crippen molar-refractivity contribution < 1.29 is 0 Å². The normalized spacial score (nSPS) is 12.3. The predicted octanol–water partition coefficient (Wildman–Crippen LogP) is 5.72. The van der Waals surface area contributed by atoms with Gasteiger partial charge in [-0.3, -0.25) is 0 Å². The Balaban J connectivity index is 1.94. The van der Waals surface area contributed by atoms with Crippen LogP contribution in [0.3, 0.4) is 0 Å². The molecule has 1 unspecified atom stereocenters. The fraction of sp³-hybridized carbons (Fsp3) is 0.0625. The molecule has 2 nitrogen and oxygen atoms in total. The van der Waals surface area contributed by atoms with Gasteiger partial charge in [-0.15, -0.1) is 0 Å². The summed E-state index contributed by atoms with van der Waals surface area (Å²) in [6.45, 7) is 0. The monoisotopic (exact) mass is 516 g/mol. The molecule has 0 aliphatic carbocycles. The van der Waals surface area contributed by atoms with E-state index in [9.17, 15) is 0 Å². The molecule has 0 radical (unpaired) electrons. The van der Waals surface area contributed by atoms with Crippen LogP contribution in [0.15, 0.2) is 65.4 Å². The summed E-state index contributed by atoms with van der Waals surface area (Å²) in [5.74, 6) is 0. The van der Waals surface area contributed by atoms with Crippen LogP contribution in [-0.4, -0.2) is 9.78 Å². The number of rotatable bonds is 3. The minimum absolute atomic E-state index is 0.110. The zero-order chi connectivity index (χ0) is 14.8. The SMILES string of the molecule is Brc1ccc(I)cc1C(Br)c1cnn(-c2ccccc2)c1. The summed E-state index contributed by atoms with van der Waals surface area (Å²) in [5, 5.41) is 4.45. The lowest BCUT2D eigenvalue weighted by Gasteiger charge is -2.11. The number of nitrogens with zero attached hydrogens (tertiary/aromatic N) is 2. The van der Waals surface area contributed by atoms with E-state index in [0.29, 0.717) is 0 Å². The Labute approximate surface area is 154 Å². The number of alkyl halides is 1. The van der Waals surface area contributed by atoms with Gasteiger partial charge >= 0.3 is 0 Å². The van der Waals surface area contributed by atoms with Gasteiger partial charge < -0.3 is 0 Å². The van der Waals surface area contributed by atoms with Crippen molar-refractivity contribution in [2.75, 3.05) is 0 Å². The maximum Gasteiger partial charge on any atom is 0.0686 e. The Morgan fingerprint density at radius 1 is 1.10 bits per heavy atom. The van der Waals surface area contributed by atoms with Gasteiger partial charge in [0.05, 0.1) is 16.7 Å². The van der Waals surface area contributed by atoms with E-state index in [1.54, 1.807) is 0 Å². The van der Waals surface area contributed by atoms with Gasteiger partial charge in [-0.25, -0.2) is 4.68 Å². The van der Waals surface area contributed by atoms with Crippen LogP contribution in [0.2, 0.25) is 0 Å². The fourth-order valence-electron chi connectivity index (χ4n) is 2.08. The molecule has 21 heavy (non-hydrogen) atoms. The second kappa shape index (κ2) is 6.62. The van der Waals surface area contributed by atoms with Crippen LogP contribution in [0.4, 0.5) is 0 Å². The first-order valence-corrected chi connectivity index (χ1v) is 9.13. The molecule has 2 aromatic carbocycles. The predicted molar refractivity (Wildman–Crippen MR) is 101 cm³/mol. The van der Waals surface area contributed by atoms with E-state index in [2.05, 4.69) is 83.9 Å². The smallest absolute Gasteiger partial charge is 0.0686 e. The van der Waals surface area contributed by atoms with E-state index < -0.39 is 0 Å². The molecule has 3 aromatic rings. The largest absolute Gasteiger partial charge is 0.241 e. The number of hydrogen-bond donors (Lipinski definition) is 0. The average molecular weight is 518 g/mol. The molecule has 0 bridgehead atoms. The maximum atomic E-state index is 4.45. The second-order valence-electron chi connectivity index (χ2n) is 4.58. The van der Waals surface area contributed by atoms with Crippen LogP contribution in [0.1, 0.15) is 16.0 Å². The Bertz CT molecular complexity index is 756. The van der Waals surface area contributed by atoms with E-state index in [-0.39, 0.29) is 4.83 Å². The Hall–Kier alpha value is -0.660. The average Bonchev–Trinajstić information content (AvgIpc) is 3.00. The Morgan fingerprint density at radius 2 is 1.86 bits per heavy atom. The van der Waals surface area contributed by atoms with Crippen LogP contribution in [0, 0.1) is 3.57 Å². The Morgan fingerprint density at radius 3 is 2.62 bits per heavy atom. The third-order valence-corrected chi connectivity index (χ3v) is 5.56. The quantitative estimate of drug-likeness (QED) is 0.321. The molecule has 106 valence electrons. The number of halogens is 3. The van der Waals surface area contributed by atoms with Crippen molar-refractivity contribution in [1.29, 1.82) is 0 Å². The molecule has 0 saturated heterocycles. The van der Waals surface area contributed by atoms with E-state index in [1.165, 1.54) is 9.13 Å². The van der Waals surface area contributed by atoms with E-state index in [4.69, 9.17) is 0 Å². The zero-order valence-electron chi connectivity index (χ0n) is 10.9. The van der Waals surface area contributed by atoms with Gasteiger partial charge in [-0.05, 0) is 58.5 Å². The van der Waals surface area contributed by atoms with Crippen molar-refractivity contribution in [3.05, 3.63) is 80.1 Å². The molecule has 1 heterocycles. The van der Waals surface area contributed by atoms with Gasteiger partial charge in [0.15, 0.2) is 0 Å². The van der Waals surface area contributed by atoms with Crippen molar-refractivity contribution in [2.45, 2.75) is 4.83 Å². The highest BCUT2D eigenvalue weighted by Crippen LogP contribution is 2.36. The summed E-state index contributed by atoms with van der Waals surface area (Å²) < 4.78 is 4.20. The van der Waals surface area contributed by atoms with Gasteiger partial charge in [-0.2, -0.15) is 5.10 Å². The summed E-state index contributed by atoms with van der Waals surface area (Å²) in [7, 11) is 0. The van der Waals surface area contributed by atoms with E-state index in [0.717, 1.165) is 15.7 Å². The number of benzene rings is 2. The molecule has 0 aliphatic heterocycles. The van der Waals surface area contributed by atoms with Gasteiger partial charge in [0.25, 0.3) is 0 Å². The van der Waals surface area contributed by atoms with Crippen LogP contribution in [0.5, 0.6) is 0 Å². The fourth-order valence-corrected chi connectivity index (χ4v) is 3.99. The Kier molecular flexibility index (Phi) is 4.81. The third-order valence-electron chi connectivity index (χ3n) is 3.15. The van der Waals surface area contributed by atoms with Crippen molar-refractivity contribution >= 4 is 54.5 Å². The lowest BCUT2D eigenvalue weighted by molar-refractivity contribution is 0.880. The highest BCUT2D eigenvalue weighted by atomic mass is 127. The second-order valence-corrected chi connectivity index (χ2v) is 7.60. The lowest BCUT2D eigenvalue weighted by Crippen LogP contribution is -1.95. The summed E-state index contributed by atoms with van der Waals surface area (Å²) in [4.78, 5) is 0.110. The minimum Gasteiger partial charge on any atom is -0.241 e. The van der Waals surface area contributed by atoms with Crippen molar-refractivity contribution in [3.63, 3.8) is 0 Å². The number of hydrogen-bond acceptors (Lipinski definition) is 1. The third kappa shape index (κ3) is 3.40. The topological polar surface area (TPSA) is 17.8 Å². The molecule has 0 saturated carbocycles. The zero-order valence-corrected chi connectivity index (χ0v) is 16.2. The first-order valence-electron chi connectivity index (χ1n) is 6.34. The summed E-state index contributed by atoms with van der Waals surface area (Å²) in [6, 6.07) is 16.4. The van der Waals surface area contributed by atoms with E-state index in [1.807, 2.05) is 41.2 Å². The standard InChI is InChI=1S/C16H11Br2IN2/c17-15-7-6-12(19)8-14(15)16(18)11-9-20-21(10-11)13-4-2-1-3-5-13/h1-10,16H. The molecule has 1 aromatic heterocycles.